The number of fused-ring (bicyclic) bond motifs is 1. The van der Waals surface area contributed by atoms with Crippen LogP contribution in [0.5, 0.6) is 0 Å². The van der Waals surface area contributed by atoms with Gasteiger partial charge in [0.25, 0.3) is 0 Å². The molecule has 0 saturated carbocycles. The largest absolute Gasteiger partial charge is 0.375 e. The Kier molecular flexibility index (Phi) is 3.06. The van der Waals surface area contributed by atoms with Crippen LogP contribution in [0, 0.1) is 0 Å². The van der Waals surface area contributed by atoms with Crippen LogP contribution in [0.4, 0.5) is 5.69 Å². The van der Waals surface area contributed by atoms with Gasteiger partial charge in [-0.05, 0) is 19.1 Å². The SMILES string of the molecule is CC(Nc1cccc2cccnc12)c1cnccn1. The molecule has 0 aliphatic rings. The molecule has 0 bridgehead atoms. The van der Waals surface area contributed by atoms with Crippen molar-refractivity contribution in [2.45, 2.75) is 13.0 Å². The van der Waals surface area contributed by atoms with E-state index in [0.717, 1.165) is 22.3 Å². The molecule has 0 aliphatic carbocycles. The maximum Gasteiger partial charge on any atom is 0.0933 e. The molecule has 0 spiro atoms. The Bertz CT molecular complexity index is 677. The quantitative estimate of drug-likeness (QED) is 0.775. The van der Waals surface area contributed by atoms with Crippen molar-refractivity contribution in [2.24, 2.45) is 0 Å². The van der Waals surface area contributed by atoms with E-state index < -0.39 is 0 Å². The van der Waals surface area contributed by atoms with Crippen LogP contribution in [0.25, 0.3) is 10.9 Å². The Labute approximate surface area is 111 Å². The van der Waals surface area contributed by atoms with Crippen LogP contribution in [0.2, 0.25) is 0 Å². The van der Waals surface area contributed by atoms with E-state index in [-0.39, 0.29) is 6.04 Å². The van der Waals surface area contributed by atoms with Crippen LogP contribution >= 0.6 is 0 Å². The molecule has 4 nitrogen and oxygen atoms in total. The summed E-state index contributed by atoms with van der Waals surface area (Å²) in [7, 11) is 0. The lowest BCUT2D eigenvalue weighted by molar-refractivity contribution is 0.828. The van der Waals surface area contributed by atoms with Crippen LogP contribution in [-0.4, -0.2) is 15.0 Å². The van der Waals surface area contributed by atoms with Crippen molar-refractivity contribution in [3.63, 3.8) is 0 Å². The fourth-order valence-corrected chi connectivity index (χ4v) is 2.06. The lowest BCUT2D eigenvalue weighted by Crippen LogP contribution is -2.09. The van der Waals surface area contributed by atoms with Gasteiger partial charge in [-0.25, -0.2) is 0 Å². The highest BCUT2D eigenvalue weighted by atomic mass is 15.0. The lowest BCUT2D eigenvalue weighted by atomic mass is 10.1. The molecular weight excluding hydrogens is 236 g/mol. The summed E-state index contributed by atoms with van der Waals surface area (Å²) in [6.07, 6.45) is 6.96. The second-order valence-electron chi connectivity index (χ2n) is 4.38. The van der Waals surface area contributed by atoms with E-state index >= 15 is 0 Å². The van der Waals surface area contributed by atoms with Crippen LogP contribution in [0.3, 0.4) is 0 Å². The molecule has 2 aromatic heterocycles. The highest BCUT2D eigenvalue weighted by Gasteiger charge is 2.09. The van der Waals surface area contributed by atoms with Crippen molar-refractivity contribution in [1.82, 2.24) is 15.0 Å². The molecule has 1 unspecified atom stereocenters. The third-order valence-electron chi connectivity index (χ3n) is 3.03. The smallest absolute Gasteiger partial charge is 0.0933 e. The predicted octanol–water partition coefficient (Wildman–Crippen LogP) is 3.20. The number of hydrogen-bond donors (Lipinski definition) is 1. The number of para-hydroxylation sites is 1. The first-order valence-corrected chi connectivity index (χ1v) is 6.21. The molecule has 0 aliphatic heterocycles. The fourth-order valence-electron chi connectivity index (χ4n) is 2.06. The van der Waals surface area contributed by atoms with Gasteiger partial charge in [-0.1, -0.05) is 18.2 Å². The van der Waals surface area contributed by atoms with Gasteiger partial charge in [0.05, 0.1) is 29.1 Å². The summed E-state index contributed by atoms with van der Waals surface area (Å²) in [5.74, 6) is 0. The molecule has 94 valence electrons. The van der Waals surface area contributed by atoms with Gasteiger partial charge in [-0.3, -0.25) is 15.0 Å². The van der Waals surface area contributed by atoms with Gasteiger partial charge in [0.1, 0.15) is 0 Å². The fraction of sp³-hybridized carbons (Fsp3) is 0.133. The molecule has 19 heavy (non-hydrogen) atoms. The topological polar surface area (TPSA) is 50.7 Å². The normalized spacial score (nSPS) is 12.3. The van der Waals surface area contributed by atoms with E-state index in [1.165, 1.54) is 0 Å². The predicted molar refractivity (Wildman–Crippen MR) is 75.8 cm³/mol. The van der Waals surface area contributed by atoms with Crippen LogP contribution < -0.4 is 5.32 Å². The zero-order valence-electron chi connectivity index (χ0n) is 10.6. The highest BCUT2D eigenvalue weighted by Crippen LogP contribution is 2.24. The summed E-state index contributed by atoms with van der Waals surface area (Å²) in [6.45, 7) is 2.06. The first kappa shape index (κ1) is 11.6. The zero-order chi connectivity index (χ0) is 13.1. The number of benzene rings is 1. The number of nitrogens with zero attached hydrogens (tertiary/aromatic N) is 3. The number of nitrogens with one attached hydrogen (secondary N) is 1. The summed E-state index contributed by atoms with van der Waals surface area (Å²) in [5, 5.41) is 4.56. The molecule has 0 amide bonds. The number of hydrogen-bond acceptors (Lipinski definition) is 4. The van der Waals surface area contributed by atoms with Crippen molar-refractivity contribution in [3.05, 3.63) is 60.8 Å². The summed E-state index contributed by atoms with van der Waals surface area (Å²) < 4.78 is 0. The van der Waals surface area contributed by atoms with Gasteiger partial charge in [-0.2, -0.15) is 0 Å². The minimum atomic E-state index is 0.0845. The van der Waals surface area contributed by atoms with E-state index in [0.29, 0.717) is 0 Å². The van der Waals surface area contributed by atoms with Gasteiger partial charge in [0.2, 0.25) is 0 Å². The molecule has 4 heteroatoms. The van der Waals surface area contributed by atoms with Crippen molar-refractivity contribution in [2.75, 3.05) is 5.32 Å². The van der Waals surface area contributed by atoms with Gasteiger partial charge >= 0.3 is 0 Å². The molecule has 0 saturated heterocycles. The van der Waals surface area contributed by atoms with E-state index in [2.05, 4.69) is 39.3 Å². The molecule has 0 fully saturated rings. The first-order valence-electron chi connectivity index (χ1n) is 6.21. The molecule has 1 N–H and O–H groups in total. The van der Waals surface area contributed by atoms with Crippen LogP contribution in [-0.2, 0) is 0 Å². The minimum absolute atomic E-state index is 0.0845. The van der Waals surface area contributed by atoms with Crippen LogP contribution in [0.15, 0.2) is 55.1 Å². The number of rotatable bonds is 3. The molecule has 3 rings (SSSR count). The molecule has 1 atom stereocenters. The maximum absolute atomic E-state index is 4.43. The Hall–Kier alpha value is -2.49. The molecule has 1 aromatic carbocycles. The monoisotopic (exact) mass is 250 g/mol. The Morgan fingerprint density at radius 1 is 1.00 bits per heavy atom. The lowest BCUT2D eigenvalue weighted by Gasteiger charge is -2.15. The van der Waals surface area contributed by atoms with Gasteiger partial charge in [-0.15, -0.1) is 0 Å². The summed E-state index contributed by atoms with van der Waals surface area (Å²) in [4.78, 5) is 12.8. The third kappa shape index (κ3) is 2.38. The highest BCUT2D eigenvalue weighted by molar-refractivity contribution is 5.90. The summed E-state index contributed by atoms with van der Waals surface area (Å²) >= 11 is 0. The van der Waals surface area contributed by atoms with Crippen molar-refractivity contribution in [1.29, 1.82) is 0 Å². The Balaban J connectivity index is 1.94. The maximum atomic E-state index is 4.43. The summed E-state index contributed by atoms with van der Waals surface area (Å²) in [5.41, 5.74) is 2.90. The van der Waals surface area contributed by atoms with Crippen molar-refractivity contribution >= 4 is 16.6 Å². The molecule has 2 heterocycles. The minimum Gasteiger partial charge on any atom is -0.375 e. The average Bonchev–Trinajstić information content (AvgIpc) is 2.48. The number of aromatic nitrogens is 3. The van der Waals surface area contributed by atoms with E-state index in [9.17, 15) is 0 Å². The summed E-state index contributed by atoms with van der Waals surface area (Å²) in [6, 6.07) is 10.2. The van der Waals surface area contributed by atoms with Crippen LogP contribution in [0.1, 0.15) is 18.7 Å². The Morgan fingerprint density at radius 3 is 2.74 bits per heavy atom. The van der Waals surface area contributed by atoms with Gasteiger partial charge < -0.3 is 5.32 Å². The van der Waals surface area contributed by atoms with Crippen molar-refractivity contribution in [3.8, 4) is 0 Å². The van der Waals surface area contributed by atoms with E-state index in [1.807, 2.05) is 18.2 Å². The van der Waals surface area contributed by atoms with E-state index in [4.69, 9.17) is 0 Å². The third-order valence-corrected chi connectivity index (χ3v) is 3.03. The average molecular weight is 250 g/mol. The standard InChI is InChI=1S/C15H14N4/c1-11(14-10-16-8-9-17-14)19-13-6-2-4-12-5-3-7-18-15(12)13/h2-11,19H,1H3. The van der Waals surface area contributed by atoms with Gasteiger partial charge in [0.15, 0.2) is 0 Å². The van der Waals surface area contributed by atoms with Gasteiger partial charge in [0, 0.05) is 24.0 Å². The Morgan fingerprint density at radius 2 is 1.89 bits per heavy atom. The second-order valence-corrected chi connectivity index (χ2v) is 4.38. The van der Waals surface area contributed by atoms with E-state index in [1.54, 1.807) is 24.8 Å². The second kappa shape index (κ2) is 5.02. The molecule has 0 radical (unpaired) electrons. The molecule has 3 aromatic rings. The molecular formula is C15H14N4. The zero-order valence-corrected chi connectivity index (χ0v) is 10.6. The number of pyridine rings is 1. The van der Waals surface area contributed by atoms with Crippen molar-refractivity contribution < 1.29 is 0 Å². The number of anilines is 1. The first-order chi connectivity index (χ1) is 9.34.